The first-order valence-electron chi connectivity index (χ1n) is 10.7. The van der Waals surface area contributed by atoms with Gasteiger partial charge in [0.2, 0.25) is 5.43 Å². The fourth-order valence-electron chi connectivity index (χ4n) is 3.65. The predicted molar refractivity (Wildman–Crippen MR) is 122 cm³/mol. The number of nitrogens with one attached hydrogen (secondary N) is 1. The Labute approximate surface area is 198 Å². The van der Waals surface area contributed by atoms with Gasteiger partial charge < -0.3 is 20.1 Å². The largest absolute Gasteiger partial charge is 0.502 e. The number of nitrogens with zero attached hydrogens (tertiary/aromatic N) is 3. The summed E-state index contributed by atoms with van der Waals surface area (Å²) in [6, 6.07) is 11.9. The zero-order valence-electron chi connectivity index (χ0n) is 18.7. The molecule has 182 valence electrons. The van der Waals surface area contributed by atoms with Crippen LogP contribution < -0.4 is 20.5 Å². The lowest BCUT2D eigenvalue weighted by Crippen LogP contribution is -2.53. The minimum atomic E-state index is -1.04. The monoisotopic (exact) mass is 484 g/mol. The number of para-hydroxylation sites is 1. The van der Waals surface area contributed by atoms with Crippen LogP contribution in [0.25, 0.3) is 0 Å². The number of ether oxygens (including phenoxy) is 1. The van der Waals surface area contributed by atoms with Crippen LogP contribution in [-0.2, 0) is 6.54 Å². The minimum absolute atomic E-state index is 0.0164. The molecular weight excluding hydrogens is 462 g/mol. The Bertz CT molecular complexity index is 1330. The summed E-state index contributed by atoms with van der Waals surface area (Å²) in [5, 5.41) is 14.4. The molecule has 2 aromatic carbocycles. The van der Waals surface area contributed by atoms with E-state index in [0.29, 0.717) is 11.8 Å². The quantitative estimate of drug-likeness (QED) is 0.530. The second-order valence-corrected chi connectivity index (χ2v) is 7.86. The van der Waals surface area contributed by atoms with Gasteiger partial charge in [-0.1, -0.05) is 24.3 Å². The zero-order chi connectivity index (χ0) is 25.1. The third kappa shape index (κ3) is 4.93. The summed E-state index contributed by atoms with van der Waals surface area (Å²) >= 11 is 0. The first-order valence-corrected chi connectivity index (χ1v) is 10.7. The average Bonchev–Trinajstić information content (AvgIpc) is 2.83. The molecular formula is C24H22F2N4O5. The number of pyridine rings is 1. The number of amides is 2. The zero-order valence-corrected chi connectivity index (χ0v) is 18.7. The molecule has 0 unspecified atom stereocenters. The van der Waals surface area contributed by atoms with Gasteiger partial charge in [-0.25, -0.2) is 8.78 Å². The lowest BCUT2D eigenvalue weighted by Gasteiger charge is -2.37. The van der Waals surface area contributed by atoms with Crippen LogP contribution in [0.4, 0.5) is 8.78 Å². The number of hydrogen-bond donors (Lipinski definition) is 2. The number of aromatic hydroxyl groups is 1. The van der Waals surface area contributed by atoms with E-state index >= 15 is 0 Å². The Balaban J connectivity index is 1.50. The molecule has 3 aromatic rings. The Morgan fingerprint density at radius 3 is 2.60 bits per heavy atom. The molecule has 0 bridgehead atoms. The van der Waals surface area contributed by atoms with Crippen LogP contribution in [0.5, 0.6) is 11.5 Å². The summed E-state index contributed by atoms with van der Waals surface area (Å²) in [7, 11) is 1.61. The molecule has 0 saturated heterocycles. The summed E-state index contributed by atoms with van der Waals surface area (Å²) in [6.45, 7) is 0.178. The molecule has 0 radical (unpaired) electrons. The Morgan fingerprint density at radius 1 is 1.14 bits per heavy atom. The second kappa shape index (κ2) is 9.84. The molecule has 1 aromatic heterocycles. The van der Waals surface area contributed by atoms with Crippen LogP contribution in [0.1, 0.15) is 26.4 Å². The van der Waals surface area contributed by atoms with Gasteiger partial charge in [-0.05, 0) is 18.2 Å². The highest BCUT2D eigenvalue weighted by atomic mass is 19.1. The number of halogens is 2. The number of benzene rings is 2. The van der Waals surface area contributed by atoms with Crippen molar-refractivity contribution in [1.29, 1.82) is 0 Å². The van der Waals surface area contributed by atoms with Gasteiger partial charge in [-0.15, -0.1) is 0 Å². The highest BCUT2D eigenvalue weighted by molar-refractivity contribution is 5.99. The highest BCUT2D eigenvalue weighted by Crippen LogP contribution is 2.21. The fraction of sp³-hybridized carbons (Fsp3) is 0.208. The van der Waals surface area contributed by atoms with Crippen LogP contribution in [-0.4, -0.2) is 53.4 Å². The van der Waals surface area contributed by atoms with Crippen LogP contribution >= 0.6 is 0 Å². The normalized spacial score (nSPS) is 12.9. The molecule has 11 heteroatoms. The maximum atomic E-state index is 13.8. The fourth-order valence-corrected chi connectivity index (χ4v) is 3.65. The summed E-state index contributed by atoms with van der Waals surface area (Å²) in [6.07, 6.45) is 1.14. The van der Waals surface area contributed by atoms with Crippen LogP contribution in [0, 0.1) is 11.6 Å². The van der Waals surface area contributed by atoms with Crippen molar-refractivity contribution in [2.24, 2.45) is 0 Å². The average molecular weight is 484 g/mol. The van der Waals surface area contributed by atoms with Gasteiger partial charge in [0.25, 0.3) is 11.8 Å². The molecule has 35 heavy (non-hydrogen) atoms. The van der Waals surface area contributed by atoms with Gasteiger partial charge in [0.05, 0.1) is 6.54 Å². The van der Waals surface area contributed by atoms with Crippen molar-refractivity contribution in [3.8, 4) is 11.5 Å². The van der Waals surface area contributed by atoms with E-state index in [1.54, 1.807) is 19.2 Å². The van der Waals surface area contributed by atoms with Gasteiger partial charge in [0, 0.05) is 31.4 Å². The number of carbonyl (C=O) groups is 2. The SMILES string of the molecule is CN1CN(CCOc2ccccc2)C(=O)c2c(O)c(=O)c(C(=O)NCc3ccc(F)cc3F)cn21. The summed E-state index contributed by atoms with van der Waals surface area (Å²) in [4.78, 5) is 39.7. The van der Waals surface area contributed by atoms with Crippen molar-refractivity contribution in [3.05, 3.63) is 93.4 Å². The van der Waals surface area contributed by atoms with E-state index in [-0.39, 0.29) is 37.6 Å². The van der Waals surface area contributed by atoms with Crippen molar-refractivity contribution < 1.29 is 28.2 Å². The first kappa shape index (κ1) is 23.7. The van der Waals surface area contributed by atoms with Gasteiger partial charge in [0.1, 0.15) is 36.2 Å². The van der Waals surface area contributed by atoms with E-state index in [4.69, 9.17) is 4.74 Å². The molecule has 1 aliphatic rings. The standard InChI is InChI=1S/C24H22F2N4O5/c1-28-14-29(9-10-35-17-5-3-2-4-6-17)24(34)20-22(32)21(31)18(13-30(20)28)23(33)27-12-15-7-8-16(25)11-19(15)26/h2-8,11,13,32H,9-10,12,14H2,1H3,(H,27,33). The molecule has 0 spiro atoms. The van der Waals surface area contributed by atoms with Crippen molar-refractivity contribution in [1.82, 2.24) is 14.9 Å². The lowest BCUT2D eigenvalue weighted by molar-refractivity contribution is 0.0664. The summed E-state index contributed by atoms with van der Waals surface area (Å²) in [5.74, 6) is -3.34. The molecule has 0 atom stereocenters. The third-order valence-corrected chi connectivity index (χ3v) is 5.47. The van der Waals surface area contributed by atoms with Crippen LogP contribution in [0.2, 0.25) is 0 Å². The molecule has 0 saturated carbocycles. The highest BCUT2D eigenvalue weighted by Gasteiger charge is 2.33. The third-order valence-electron chi connectivity index (χ3n) is 5.47. The van der Waals surface area contributed by atoms with E-state index in [1.165, 1.54) is 20.7 Å². The Hall–Kier alpha value is -4.41. The molecule has 4 rings (SSSR count). The molecule has 2 N–H and O–H groups in total. The maximum Gasteiger partial charge on any atom is 0.278 e. The maximum absolute atomic E-state index is 13.8. The molecule has 2 amide bonds. The summed E-state index contributed by atoms with van der Waals surface area (Å²) in [5.41, 5.74) is -1.75. The molecule has 0 aliphatic carbocycles. The number of rotatable bonds is 7. The molecule has 2 heterocycles. The summed E-state index contributed by atoms with van der Waals surface area (Å²) < 4.78 is 33.7. The predicted octanol–water partition coefficient (Wildman–Crippen LogP) is 1.82. The topological polar surface area (TPSA) is 104 Å². The number of carbonyl (C=O) groups excluding carboxylic acids is 2. The van der Waals surface area contributed by atoms with Crippen LogP contribution in [0.3, 0.4) is 0 Å². The molecule has 1 aliphatic heterocycles. The van der Waals surface area contributed by atoms with Crippen molar-refractivity contribution in [2.45, 2.75) is 6.54 Å². The van der Waals surface area contributed by atoms with Gasteiger partial charge in [-0.2, -0.15) is 0 Å². The Morgan fingerprint density at radius 2 is 1.89 bits per heavy atom. The smallest absolute Gasteiger partial charge is 0.278 e. The van der Waals surface area contributed by atoms with Gasteiger partial charge in [0.15, 0.2) is 11.4 Å². The van der Waals surface area contributed by atoms with Crippen LogP contribution in [0.15, 0.2) is 59.5 Å². The van der Waals surface area contributed by atoms with E-state index in [9.17, 15) is 28.3 Å². The van der Waals surface area contributed by atoms with Gasteiger partial charge >= 0.3 is 0 Å². The van der Waals surface area contributed by atoms with Gasteiger partial charge in [-0.3, -0.25) is 24.1 Å². The second-order valence-electron chi connectivity index (χ2n) is 7.86. The lowest BCUT2D eigenvalue weighted by atomic mass is 10.1. The van der Waals surface area contributed by atoms with E-state index in [0.717, 1.165) is 12.3 Å². The number of aromatic nitrogens is 1. The van der Waals surface area contributed by atoms with E-state index in [2.05, 4.69) is 5.32 Å². The van der Waals surface area contributed by atoms with E-state index in [1.807, 2.05) is 18.2 Å². The Kier molecular flexibility index (Phi) is 6.67. The first-order chi connectivity index (χ1) is 16.8. The van der Waals surface area contributed by atoms with Crippen molar-refractivity contribution in [3.63, 3.8) is 0 Å². The number of fused-ring (bicyclic) bond motifs is 1. The molecule has 9 nitrogen and oxygen atoms in total. The van der Waals surface area contributed by atoms with Crippen molar-refractivity contribution >= 4 is 11.8 Å². The minimum Gasteiger partial charge on any atom is -0.502 e. The van der Waals surface area contributed by atoms with Crippen molar-refractivity contribution in [2.75, 3.05) is 31.9 Å². The van der Waals surface area contributed by atoms with E-state index < -0.39 is 40.2 Å². The number of hydrogen-bond acceptors (Lipinski definition) is 6. The molecule has 0 fully saturated rings.